The fraction of sp³-hybridized carbons (Fsp3) is 0.333. The third kappa shape index (κ3) is 2.52. The minimum atomic E-state index is -0.389. The van der Waals surface area contributed by atoms with Crippen LogP contribution < -0.4 is 4.74 Å². The van der Waals surface area contributed by atoms with Gasteiger partial charge < -0.3 is 14.0 Å². The molecule has 5 nitrogen and oxygen atoms in total. The lowest BCUT2D eigenvalue weighted by Gasteiger charge is -2.04. The Balaban J connectivity index is 2.41. The van der Waals surface area contributed by atoms with Gasteiger partial charge in [0.05, 0.1) is 13.7 Å². The van der Waals surface area contributed by atoms with Gasteiger partial charge in [0.15, 0.2) is 5.69 Å². The van der Waals surface area contributed by atoms with Crippen molar-refractivity contribution in [1.29, 1.82) is 0 Å². The molecule has 0 aliphatic heterocycles. The summed E-state index contributed by atoms with van der Waals surface area (Å²) in [6, 6.07) is 7.55. The number of imidazole rings is 1. The van der Waals surface area contributed by atoms with Crippen LogP contribution in [0.1, 0.15) is 23.1 Å². The zero-order valence-corrected chi connectivity index (χ0v) is 12.1. The van der Waals surface area contributed by atoms with Crippen LogP contribution in [0.4, 0.5) is 0 Å². The molecular formula is C15H18N2O3. The summed E-state index contributed by atoms with van der Waals surface area (Å²) in [5.41, 5.74) is 2.07. The van der Waals surface area contributed by atoms with Crippen LogP contribution in [0.25, 0.3) is 11.4 Å². The number of rotatable bonds is 4. The molecule has 0 bridgehead atoms. The van der Waals surface area contributed by atoms with E-state index >= 15 is 0 Å². The van der Waals surface area contributed by atoms with Gasteiger partial charge in [-0.2, -0.15) is 0 Å². The Kier molecular flexibility index (Phi) is 4.08. The number of carbonyl (C=O) groups excluding carboxylic acids is 1. The standard InChI is InChI=1S/C15H18N2O3/c1-5-20-15(18)13-10(2)17(3)14(16-13)11-6-8-12(19-4)9-7-11/h6-9H,5H2,1-4H3. The van der Waals surface area contributed by atoms with Gasteiger partial charge in [-0.3, -0.25) is 0 Å². The van der Waals surface area contributed by atoms with Crippen LogP contribution in [0.2, 0.25) is 0 Å². The van der Waals surface area contributed by atoms with E-state index in [1.54, 1.807) is 14.0 Å². The fourth-order valence-electron chi connectivity index (χ4n) is 1.97. The Hall–Kier alpha value is -2.30. The smallest absolute Gasteiger partial charge is 0.358 e. The normalized spacial score (nSPS) is 10.4. The fourth-order valence-corrected chi connectivity index (χ4v) is 1.97. The van der Waals surface area contributed by atoms with Crippen molar-refractivity contribution in [2.24, 2.45) is 7.05 Å². The molecule has 0 aliphatic rings. The highest BCUT2D eigenvalue weighted by Gasteiger charge is 2.19. The van der Waals surface area contributed by atoms with Crippen LogP contribution >= 0.6 is 0 Å². The molecule has 0 N–H and O–H groups in total. The van der Waals surface area contributed by atoms with Gasteiger partial charge in [-0.05, 0) is 38.1 Å². The number of methoxy groups -OCH3 is 1. The molecule has 0 fully saturated rings. The van der Waals surface area contributed by atoms with Gasteiger partial charge in [-0.1, -0.05) is 0 Å². The molecule has 0 amide bonds. The van der Waals surface area contributed by atoms with Gasteiger partial charge in [-0.25, -0.2) is 9.78 Å². The Bertz CT molecular complexity index is 615. The second-order valence-electron chi connectivity index (χ2n) is 4.38. The quantitative estimate of drug-likeness (QED) is 0.804. The minimum Gasteiger partial charge on any atom is -0.497 e. The van der Waals surface area contributed by atoms with Gasteiger partial charge in [0.1, 0.15) is 11.6 Å². The first kappa shape index (κ1) is 14.1. The van der Waals surface area contributed by atoms with E-state index in [1.807, 2.05) is 42.8 Å². The Morgan fingerprint density at radius 2 is 1.95 bits per heavy atom. The van der Waals surface area contributed by atoms with Crippen LogP contribution in [-0.2, 0) is 11.8 Å². The maximum Gasteiger partial charge on any atom is 0.358 e. The van der Waals surface area contributed by atoms with Crippen molar-refractivity contribution in [3.63, 3.8) is 0 Å². The van der Waals surface area contributed by atoms with Crippen LogP contribution in [0, 0.1) is 6.92 Å². The van der Waals surface area contributed by atoms with E-state index in [0.29, 0.717) is 12.3 Å². The summed E-state index contributed by atoms with van der Waals surface area (Å²) in [7, 11) is 3.50. The Labute approximate surface area is 118 Å². The molecule has 2 aromatic rings. The second kappa shape index (κ2) is 5.77. The predicted octanol–water partition coefficient (Wildman–Crippen LogP) is 2.58. The van der Waals surface area contributed by atoms with Crippen molar-refractivity contribution in [3.8, 4) is 17.1 Å². The summed E-state index contributed by atoms with van der Waals surface area (Å²) < 4.78 is 12.0. The predicted molar refractivity (Wildman–Crippen MR) is 75.9 cm³/mol. The molecule has 0 atom stereocenters. The molecule has 0 spiro atoms. The zero-order valence-electron chi connectivity index (χ0n) is 12.1. The van der Waals surface area contributed by atoms with Crippen LogP contribution in [0.3, 0.4) is 0 Å². The van der Waals surface area contributed by atoms with Crippen molar-refractivity contribution in [2.75, 3.05) is 13.7 Å². The van der Waals surface area contributed by atoms with E-state index < -0.39 is 0 Å². The average Bonchev–Trinajstić information content (AvgIpc) is 2.76. The van der Waals surface area contributed by atoms with E-state index in [2.05, 4.69) is 4.98 Å². The molecule has 0 unspecified atom stereocenters. The molecule has 1 heterocycles. The highest BCUT2D eigenvalue weighted by molar-refractivity contribution is 5.89. The van der Waals surface area contributed by atoms with Crippen molar-refractivity contribution >= 4 is 5.97 Å². The highest BCUT2D eigenvalue weighted by Crippen LogP contribution is 2.23. The lowest BCUT2D eigenvalue weighted by Crippen LogP contribution is -2.07. The van der Waals surface area contributed by atoms with E-state index in [4.69, 9.17) is 9.47 Å². The third-order valence-corrected chi connectivity index (χ3v) is 3.20. The van der Waals surface area contributed by atoms with Crippen molar-refractivity contribution in [3.05, 3.63) is 35.7 Å². The van der Waals surface area contributed by atoms with E-state index in [9.17, 15) is 4.79 Å². The molecule has 1 aromatic heterocycles. The molecule has 20 heavy (non-hydrogen) atoms. The molecule has 2 rings (SSSR count). The van der Waals surface area contributed by atoms with Crippen molar-refractivity contribution in [2.45, 2.75) is 13.8 Å². The largest absolute Gasteiger partial charge is 0.497 e. The van der Waals surface area contributed by atoms with Gasteiger partial charge >= 0.3 is 5.97 Å². The Morgan fingerprint density at radius 3 is 2.50 bits per heavy atom. The summed E-state index contributed by atoms with van der Waals surface area (Å²) >= 11 is 0. The molecule has 1 aromatic carbocycles. The van der Waals surface area contributed by atoms with Crippen molar-refractivity contribution < 1.29 is 14.3 Å². The number of carbonyl (C=O) groups is 1. The van der Waals surface area contributed by atoms with E-state index in [-0.39, 0.29) is 5.97 Å². The van der Waals surface area contributed by atoms with Crippen LogP contribution in [-0.4, -0.2) is 29.2 Å². The van der Waals surface area contributed by atoms with E-state index in [0.717, 1.165) is 22.8 Å². The number of esters is 1. The summed E-state index contributed by atoms with van der Waals surface area (Å²) in [5.74, 6) is 1.12. The number of hydrogen-bond acceptors (Lipinski definition) is 4. The first-order valence-electron chi connectivity index (χ1n) is 6.43. The molecule has 0 radical (unpaired) electrons. The SMILES string of the molecule is CCOC(=O)c1nc(-c2ccc(OC)cc2)n(C)c1C. The molecule has 5 heteroatoms. The minimum absolute atomic E-state index is 0.340. The van der Waals surface area contributed by atoms with Gasteiger partial charge in [0.2, 0.25) is 0 Å². The molecular weight excluding hydrogens is 256 g/mol. The average molecular weight is 274 g/mol. The lowest BCUT2D eigenvalue weighted by atomic mass is 10.2. The summed E-state index contributed by atoms with van der Waals surface area (Å²) in [6.45, 7) is 3.97. The molecule has 0 aliphatic carbocycles. The first-order chi connectivity index (χ1) is 9.58. The topological polar surface area (TPSA) is 53.4 Å². The highest BCUT2D eigenvalue weighted by atomic mass is 16.5. The van der Waals surface area contributed by atoms with Gasteiger partial charge in [-0.15, -0.1) is 0 Å². The molecule has 106 valence electrons. The van der Waals surface area contributed by atoms with Crippen LogP contribution in [0.15, 0.2) is 24.3 Å². The van der Waals surface area contributed by atoms with Crippen LogP contribution in [0.5, 0.6) is 5.75 Å². The number of aromatic nitrogens is 2. The summed E-state index contributed by atoms with van der Waals surface area (Å²) in [5, 5.41) is 0. The number of benzene rings is 1. The van der Waals surface area contributed by atoms with Gasteiger partial charge in [0, 0.05) is 18.3 Å². The van der Waals surface area contributed by atoms with E-state index in [1.165, 1.54) is 0 Å². The second-order valence-corrected chi connectivity index (χ2v) is 4.38. The Morgan fingerprint density at radius 1 is 1.30 bits per heavy atom. The molecule has 0 saturated heterocycles. The third-order valence-electron chi connectivity index (χ3n) is 3.20. The van der Waals surface area contributed by atoms with Crippen molar-refractivity contribution in [1.82, 2.24) is 9.55 Å². The number of hydrogen-bond donors (Lipinski definition) is 0. The monoisotopic (exact) mass is 274 g/mol. The maximum absolute atomic E-state index is 11.8. The summed E-state index contributed by atoms with van der Waals surface area (Å²) in [4.78, 5) is 16.2. The zero-order chi connectivity index (χ0) is 14.7. The summed E-state index contributed by atoms with van der Waals surface area (Å²) in [6.07, 6.45) is 0. The number of ether oxygens (including phenoxy) is 2. The lowest BCUT2D eigenvalue weighted by molar-refractivity contribution is 0.0519. The molecule has 0 saturated carbocycles. The number of nitrogens with zero attached hydrogens (tertiary/aromatic N) is 2. The maximum atomic E-state index is 11.8. The first-order valence-corrected chi connectivity index (χ1v) is 6.43. The van der Waals surface area contributed by atoms with Gasteiger partial charge in [0.25, 0.3) is 0 Å².